The van der Waals surface area contributed by atoms with Gasteiger partial charge in [-0.05, 0) is 55.0 Å². The van der Waals surface area contributed by atoms with Crippen molar-refractivity contribution in [3.8, 4) is 5.75 Å². The summed E-state index contributed by atoms with van der Waals surface area (Å²) in [7, 11) is 1.37. The second-order valence-electron chi connectivity index (χ2n) is 7.13. The molecule has 1 aromatic heterocycles. The molecule has 0 fully saturated rings. The number of hydrogen-bond donors (Lipinski definition) is 1. The van der Waals surface area contributed by atoms with E-state index in [2.05, 4.69) is 5.32 Å². The second kappa shape index (κ2) is 8.06. The van der Waals surface area contributed by atoms with Crippen LogP contribution in [-0.2, 0) is 6.54 Å². The first kappa shape index (κ1) is 20.3. The van der Waals surface area contributed by atoms with Crippen LogP contribution in [0.2, 0.25) is 0 Å². The topological polar surface area (TPSA) is 88.8 Å². The molecule has 0 unspecified atom stereocenters. The molecule has 4 rings (SSSR count). The quantitative estimate of drug-likeness (QED) is 0.612. The number of rotatable bonds is 6. The van der Waals surface area contributed by atoms with Gasteiger partial charge in [-0.3, -0.25) is 19.3 Å². The van der Waals surface area contributed by atoms with Crippen LogP contribution in [0.3, 0.4) is 0 Å². The molecular weight excluding hydrogens is 403 g/mol. The Labute approximate surface area is 177 Å². The summed E-state index contributed by atoms with van der Waals surface area (Å²) in [4.78, 5) is 39.1. The summed E-state index contributed by atoms with van der Waals surface area (Å²) in [6.45, 7) is 1.73. The van der Waals surface area contributed by atoms with Gasteiger partial charge in [-0.15, -0.1) is 0 Å². The number of methoxy groups -OCH3 is 1. The van der Waals surface area contributed by atoms with Gasteiger partial charge in [0.2, 0.25) is 0 Å². The molecule has 3 amide bonds. The summed E-state index contributed by atoms with van der Waals surface area (Å²) in [5, 5.41) is 2.77. The fourth-order valence-electron chi connectivity index (χ4n) is 3.45. The van der Waals surface area contributed by atoms with Crippen LogP contribution in [0.4, 0.5) is 4.39 Å². The van der Waals surface area contributed by atoms with Gasteiger partial charge in [0.1, 0.15) is 5.76 Å². The molecule has 0 radical (unpaired) electrons. The van der Waals surface area contributed by atoms with Crippen LogP contribution in [0.15, 0.2) is 59.2 Å². The Morgan fingerprint density at radius 1 is 1.13 bits per heavy atom. The predicted molar refractivity (Wildman–Crippen MR) is 108 cm³/mol. The van der Waals surface area contributed by atoms with Gasteiger partial charge >= 0.3 is 0 Å². The SMILES string of the molecule is COc1ccc([C@@H](C)NC(=O)c2ccc3c(c2)C(=O)N(Cc2ccco2)C3=O)cc1F. The van der Waals surface area contributed by atoms with E-state index in [1.54, 1.807) is 25.1 Å². The summed E-state index contributed by atoms with van der Waals surface area (Å²) in [6.07, 6.45) is 1.46. The number of fused-ring (bicyclic) bond motifs is 1. The van der Waals surface area contributed by atoms with Gasteiger partial charge in [0, 0.05) is 5.56 Å². The van der Waals surface area contributed by atoms with Gasteiger partial charge in [-0.2, -0.15) is 0 Å². The van der Waals surface area contributed by atoms with Crippen LogP contribution >= 0.6 is 0 Å². The Balaban J connectivity index is 1.51. The third-order valence-corrected chi connectivity index (χ3v) is 5.15. The number of benzene rings is 2. The van der Waals surface area contributed by atoms with Crippen molar-refractivity contribution in [2.75, 3.05) is 7.11 Å². The van der Waals surface area contributed by atoms with E-state index < -0.39 is 29.6 Å². The number of halogens is 1. The van der Waals surface area contributed by atoms with Gasteiger partial charge in [0.15, 0.2) is 11.6 Å². The Morgan fingerprint density at radius 2 is 1.90 bits per heavy atom. The van der Waals surface area contributed by atoms with Gasteiger partial charge in [-0.25, -0.2) is 4.39 Å². The van der Waals surface area contributed by atoms with E-state index in [9.17, 15) is 18.8 Å². The van der Waals surface area contributed by atoms with Crippen LogP contribution in [0, 0.1) is 5.82 Å². The Bertz CT molecular complexity index is 1170. The van der Waals surface area contributed by atoms with E-state index in [-0.39, 0.29) is 29.0 Å². The highest BCUT2D eigenvalue weighted by Gasteiger charge is 2.36. The van der Waals surface area contributed by atoms with E-state index in [0.717, 1.165) is 4.90 Å². The summed E-state index contributed by atoms with van der Waals surface area (Å²) in [6, 6.07) is 11.6. The van der Waals surface area contributed by atoms with Crippen molar-refractivity contribution in [2.24, 2.45) is 0 Å². The lowest BCUT2D eigenvalue weighted by Crippen LogP contribution is -2.29. The number of hydrogen-bond acceptors (Lipinski definition) is 5. The zero-order chi connectivity index (χ0) is 22.1. The summed E-state index contributed by atoms with van der Waals surface area (Å²) >= 11 is 0. The predicted octanol–water partition coefficient (Wildman–Crippen LogP) is 3.71. The number of furan rings is 1. The number of amides is 3. The lowest BCUT2D eigenvalue weighted by atomic mass is 10.0. The smallest absolute Gasteiger partial charge is 0.261 e. The molecule has 31 heavy (non-hydrogen) atoms. The Morgan fingerprint density at radius 3 is 2.58 bits per heavy atom. The maximum absolute atomic E-state index is 14.0. The summed E-state index contributed by atoms with van der Waals surface area (Å²) < 4.78 is 24.1. The normalized spacial score (nSPS) is 13.8. The number of carbonyl (C=O) groups is 3. The average molecular weight is 422 g/mol. The zero-order valence-corrected chi connectivity index (χ0v) is 16.8. The molecule has 0 saturated carbocycles. The molecule has 2 heterocycles. The number of ether oxygens (including phenoxy) is 1. The second-order valence-corrected chi connectivity index (χ2v) is 7.13. The standard InChI is InChI=1S/C23H19FN2O5/c1-13(14-6-8-20(30-2)19(24)11-14)25-21(27)15-5-7-17-18(10-15)23(29)26(22(17)28)12-16-4-3-9-31-16/h3-11,13H,12H2,1-2H3,(H,25,27)/t13-/m1/s1. The molecule has 7 nitrogen and oxygen atoms in total. The summed E-state index contributed by atoms with van der Waals surface area (Å²) in [5.41, 5.74) is 1.18. The minimum atomic E-state index is -0.528. The zero-order valence-electron chi connectivity index (χ0n) is 16.8. The number of nitrogens with zero attached hydrogens (tertiary/aromatic N) is 1. The number of imide groups is 1. The lowest BCUT2D eigenvalue weighted by Gasteiger charge is -2.15. The molecule has 1 aliphatic heterocycles. The molecule has 2 aromatic carbocycles. The van der Waals surface area contributed by atoms with E-state index in [0.29, 0.717) is 11.3 Å². The molecule has 0 saturated heterocycles. The first-order chi connectivity index (χ1) is 14.9. The highest BCUT2D eigenvalue weighted by molar-refractivity contribution is 6.22. The molecule has 0 bridgehead atoms. The lowest BCUT2D eigenvalue weighted by molar-refractivity contribution is 0.0631. The van der Waals surface area contributed by atoms with Crippen LogP contribution in [-0.4, -0.2) is 29.7 Å². The van der Waals surface area contributed by atoms with Crippen LogP contribution in [0.5, 0.6) is 5.75 Å². The molecule has 1 N–H and O–H groups in total. The van der Waals surface area contributed by atoms with Crippen LogP contribution in [0.25, 0.3) is 0 Å². The Hall–Kier alpha value is -3.94. The van der Waals surface area contributed by atoms with Gasteiger partial charge in [0.05, 0.1) is 37.1 Å². The minimum absolute atomic E-state index is 0.0148. The van der Waals surface area contributed by atoms with E-state index in [1.165, 1.54) is 43.7 Å². The molecule has 158 valence electrons. The monoisotopic (exact) mass is 422 g/mol. The van der Waals surface area contributed by atoms with E-state index >= 15 is 0 Å². The van der Waals surface area contributed by atoms with Crippen molar-refractivity contribution in [1.82, 2.24) is 10.2 Å². The van der Waals surface area contributed by atoms with Crippen molar-refractivity contribution < 1.29 is 27.9 Å². The van der Waals surface area contributed by atoms with Crippen LogP contribution in [0.1, 0.15) is 55.4 Å². The van der Waals surface area contributed by atoms with Crippen molar-refractivity contribution in [3.05, 3.63) is 88.6 Å². The summed E-state index contributed by atoms with van der Waals surface area (Å²) in [5.74, 6) is -1.31. The van der Waals surface area contributed by atoms with Crippen molar-refractivity contribution in [2.45, 2.75) is 19.5 Å². The van der Waals surface area contributed by atoms with Crippen molar-refractivity contribution >= 4 is 17.7 Å². The highest BCUT2D eigenvalue weighted by atomic mass is 19.1. The van der Waals surface area contributed by atoms with Gasteiger partial charge < -0.3 is 14.5 Å². The third-order valence-electron chi connectivity index (χ3n) is 5.15. The van der Waals surface area contributed by atoms with Crippen molar-refractivity contribution in [1.29, 1.82) is 0 Å². The Kier molecular flexibility index (Phi) is 5.29. The van der Waals surface area contributed by atoms with Gasteiger partial charge in [0.25, 0.3) is 17.7 Å². The average Bonchev–Trinajstić information content (AvgIpc) is 3.36. The van der Waals surface area contributed by atoms with Crippen LogP contribution < -0.4 is 10.1 Å². The molecule has 1 aliphatic rings. The molecule has 8 heteroatoms. The maximum Gasteiger partial charge on any atom is 0.261 e. The highest BCUT2D eigenvalue weighted by Crippen LogP contribution is 2.26. The largest absolute Gasteiger partial charge is 0.494 e. The fraction of sp³-hybridized carbons (Fsp3) is 0.174. The van der Waals surface area contributed by atoms with Gasteiger partial charge in [-0.1, -0.05) is 6.07 Å². The first-order valence-corrected chi connectivity index (χ1v) is 9.56. The first-order valence-electron chi connectivity index (χ1n) is 9.56. The number of nitrogens with one attached hydrogen (secondary N) is 1. The molecule has 1 atom stereocenters. The molecule has 3 aromatic rings. The van der Waals surface area contributed by atoms with Crippen molar-refractivity contribution in [3.63, 3.8) is 0 Å². The molecular formula is C23H19FN2O5. The minimum Gasteiger partial charge on any atom is -0.494 e. The number of carbonyl (C=O) groups excluding carboxylic acids is 3. The third kappa shape index (κ3) is 3.79. The van der Waals surface area contributed by atoms with E-state index in [4.69, 9.17) is 9.15 Å². The maximum atomic E-state index is 14.0. The molecule has 0 aliphatic carbocycles. The van der Waals surface area contributed by atoms with E-state index in [1.807, 2.05) is 0 Å². The molecule has 0 spiro atoms. The fourth-order valence-corrected chi connectivity index (χ4v) is 3.45.